The highest BCUT2D eigenvalue weighted by Crippen LogP contribution is 2.27. The zero-order valence-corrected chi connectivity index (χ0v) is 18.4. The normalized spacial score (nSPS) is 17.5. The average Bonchev–Trinajstić information content (AvgIpc) is 2.93. The molecule has 5 heteroatoms. The van der Waals surface area contributed by atoms with E-state index < -0.39 is 0 Å². The molecule has 1 aliphatic heterocycles. The molecular weight excluding hydrogens is 384 g/mol. The zero-order valence-electron chi connectivity index (χ0n) is 18.4. The molecule has 0 aliphatic carbocycles. The number of aryl methyl sites for hydroxylation is 1. The van der Waals surface area contributed by atoms with Crippen LogP contribution in [0, 0.1) is 12.8 Å². The van der Waals surface area contributed by atoms with E-state index in [1.165, 1.54) is 11.1 Å². The van der Waals surface area contributed by atoms with Crippen molar-refractivity contribution in [2.45, 2.75) is 26.8 Å². The van der Waals surface area contributed by atoms with E-state index in [9.17, 15) is 4.79 Å². The summed E-state index contributed by atoms with van der Waals surface area (Å²) in [6, 6.07) is 18.6. The second-order valence-corrected chi connectivity index (χ2v) is 8.22. The summed E-state index contributed by atoms with van der Waals surface area (Å²) >= 11 is 0. The van der Waals surface area contributed by atoms with Crippen LogP contribution in [0.2, 0.25) is 0 Å². The minimum absolute atomic E-state index is 0.0738. The molecule has 0 spiro atoms. The molecule has 3 heterocycles. The number of nitrogens with zero attached hydrogens (tertiary/aromatic N) is 4. The van der Waals surface area contributed by atoms with Crippen LogP contribution in [0.3, 0.4) is 0 Å². The highest BCUT2D eigenvalue weighted by molar-refractivity contribution is 5.80. The number of benzene rings is 1. The summed E-state index contributed by atoms with van der Waals surface area (Å²) in [5.41, 5.74) is 5.62. The number of hydrogen-bond acceptors (Lipinski definition) is 4. The lowest BCUT2D eigenvalue weighted by atomic mass is 9.91. The van der Waals surface area contributed by atoms with Gasteiger partial charge in [0.2, 0.25) is 5.91 Å². The molecule has 31 heavy (non-hydrogen) atoms. The van der Waals surface area contributed by atoms with Crippen molar-refractivity contribution < 1.29 is 4.79 Å². The molecule has 0 N–H and O–H groups in total. The molecule has 1 fully saturated rings. The third-order valence-corrected chi connectivity index (χ3v) is 6.01. The first-order valence-electron chi connectivity index (χ1n) is 11.1. The van der Waals surface area contributed by atoms with Gasteiger partial charge in [0.05, 0.1) is 11.6 Å². The summed E-state index contributed by atoms with van der Waals surface area (Å²) in [5.74, 6) is 0.182. The van der Waals surface area contributed by atoms with E-state index >= 15 is 0 Å². The van der Waals surface area contributed by atoms with Gasteiger partial charge in [0.1, 0.15) is 0 Å². The van der Waals surface area contributed by atoms with Gasteiger partial charge in [0.15, 0.2) is 0 Å². The number of amides is 1. The van der Waals surface area contributed by atoms with E-state index in [0.29, 0.717) is 0 Å². The van der Waals surface area contributed by atoms with Crippen LogP contribution in [0.4, 0.5) is 0 Å². The Kier molecular flexibility index (Phi) is 6.73. The van der Waals surface area contributed by atoms with Crippen LogP contribution in [-0.4, -0.2) is 51.9 Å². The van der Waals surface area contributed by atoms with Gasteiger partial charge in [-0.25, -0.2) is 0 Å². The molecule has 1 aromatic carbocycles. The fourth-order valence-corrected chi connectivity index (χ4v) is 4.41. The van der Waals surface area contributed by atoms with Gasteiger partial charge >= 0.3 is 0 Å². The quantitative estimate of drug-likeness (QED) is 0.612. The van der Waals surface area contributed by atoms with Crippen molar-refractivity contribution in [3.63, 3.8) is 0 Å². The Morgan fingerprint density at radius 1 is 1.00 bits per heavy atom. The molecule has 1 saturated heterocycles. The number of carbonyl (C=O) groups is 1. The Balaban J connectivity index is 1.59. The van der Waals surface area contributed by atoms with E-state index in [0.717, 1.165) is 56.1 Å². The molecule has 3 aromatic rings. The third kappa shape index (κ3) is 5.17. The van der Waals surface area contributed by atoms with Gasteiger partial charge in [-0.15, -0.1) is 0 Å². The first kappa shape index (κ1) is 21.2. The van der Waals surface area contributed by atoms with Crippen LogP contribution in [0.5, 0.6) is 0 Å². The standard InChI is InChI=1S/C26H30N4O/c1-3-30-16-15-29(19-24-9-6-7-20(2)28-24)18-23(26(30)31)17-22-8-4-5-10-25(22)21-11-13-27-14-12-21/h4-14,23H,3,15-19H2,1-2H3/t23-/m0/s1. The van der Waals surface area contributed by atoms with Crippen LogP contribution >= 0.6 is 0 Å². The summed E-state index contributed by atoms with van der Waals surface area (Å²) in [6.07, 6.45) is 4.36. The summed E-state index contributed by atoms with van der Waals surface area (Å²) < 4.78 is 0. The van der Waals surface area contributed by atoms with E-state index in [2.05, 4.69) is 58.2 Å². The molecule has 5 nitrogen and oxygen atoms in total. The first-order chi connectivity index (χ1) is 15.1. The second kappa shape index (κ2) is 9.84. The van der Waals surface area contributed by atoms with Crippen molar-refractivity contribution in [2.75, 3.05) is 26.2 Å². The minimum Gasteiger partial charge on any atom is -0.341 e. The largest absolute Gasteiger partial charge is 0.341 e. The number of rotatable bonds is 6. The maximum Gasteiger partial charge on any atom is 0.227 e. The van der Waals surface area contributed by atoms with Crippen LogP contribution in [0.15, 0.2) is 67.0 Å². The van der Waals surface area contributed by atoms with E-state index in [-0.39, 0.29) is 11.8 Å². The first-order valence-corrected chi connectivity index (χ1v) is 11.1. The Labute approximate surface area is 184 Å². The fourth-order valence-electron chi connectivity index (χ4n) is 4.41. The van der Waals surface area contributed by atoms with E-state index in [1.807, 2.05) is 42.4 Å². The Hall–Kier alpha value is -3.05. The molecule has 1 amide bonds. The topological polar surface area (TPSA) is 49.3 Å². The monoisotopic (exact) mass is 414 g/mol. The molecule has 0 saturated carbocycles. The van der Waals surface area contributed by atoms with Crippen molar-refractivity contribution in [3.8, 4) is 11.1 Å². The van der Waals surface area contributed by atoms with Crippen LogP contribution < -0.4 is 0 Å². The Bertz CT molecular complexity index is 1020. The number of carbonyl (C=O) groups excluding carboxylic acids is 1. The van der Waals surface area contributed by atoms with Crippen molar-refractivity contribution in [1.29, 1.82) is 0 Å². The second-order valence-electron chi connectivity index (χ2n) is 8.22. The lowest BCUT2D eigenvalue weighted by Gasteiger charge is -2.24. The summed E-state index contributed by atoms with van der Waals surface area (Å²) in [7, 11) is 0. The van der Waals surface area contributed by atoms with E-state index in [4.69, 9.17) is 0 Å². The van der Waals surface area contributed by atoms with Crippen molar-refractivity contribution >= 4 is 5.91 Å². The van der Waals surface area contributed by atoms with Crippen LogP contribution in [-0.2, 0) is 17.8 Å². The number of pyridine rings is 2. The number of likely N-dealkylation sites (N-methyl/N-ethyl adjacent to an activating group) is 1. The molecular formula is C26H30N4O. The average molecular weight is 415 g/mol. The van der Waals surface area contributed by atoms with Crippen molar-refractivity contribution in [1.82, 2.24) is 19.8 Å². The van der Waals surface area contributed by atoms with Crippen molar-refractivity contribution in [2.24, 2.45) is 5.92 Å². The van der Waals surface area contributed by atoms with Gasteiger partial charge in [-0.3, -0.25) is 19.7 Å². The predicted octanol–water partition coefficient (Wildman–Crippen LogP) is 3.98. The van der Waals surface area contributed by atoms with Crippen LogP contribution in [0.25, 0.3) is 11.1 Å². The highest BCUT2D eigenvalue weighted by atomic mass is 16.2. The summed E-state index contributed by atoms with van der Waals surface area (Å²) in [6.45, 7) is 7.99. The van der Waals surface area contributed by atoms with Gasteiger partial charge in [-0.1, -0.05) is 30.3 Å². The molecule has 160 valence electrons. The van der Waals surface area contributed by atoms with Crippen LogP contribution in [0.1, 0.15) is 23.9 Å². The zero-order chi connectivity index (χ0) is 21.6. The van der Waals surface area contributed by atoms with Gasteiger partial charge < -0.3 is 4.90 Å². The SMILES string of the molecule is CCN1CCN(Cc2cccc(C)n2)C[C@H](Cc2ccccc2-c2ccncc2)C1=O. The fraction of sp³-hybridized carbons (Fsp3) is 0.346. The number of hydrogen-bond donors (Lipinski definition) is 0. The number of aromatic nitrogens is 2. The van der Waals surface area contributed by atoms with Gasteiger partial charge in [0.25, 0.3) is 0 Å². The molecule has 0 bridgehead atoms. The Morgan fingerprint density at radius 3 is 2.58 bits per heavy atom. The molecule has 0 radical (unpaired) electrons. The lowest BCUT2D eigenvalue weighted by Crippen LogP contribution is -2.37. The summed E-state index contributed by atoms with van der Waals surface area (Å²) in [5, 5.41) is 0. The third-order valence-electron chi connectivity index (χ3n) is 6.01. The van der Waals surface area contributed by atoms with Gasteiger partial charge in [-0.2, -0.15) is 0 Å². The maximum atomic E-state index is 13.4. The maximum absolute atomic E-state index is 13.4. The molecule has 4 rings (SSSR count). The lowest BCUT2D eigenvalue weighted by molar-refractivity contribution is -0.134. The Morgan fingerprint density at radius 2 is 1.81 bits per heavy atom. The summed E-state index contributed by atoms with van der Waals surface area (Å²) in [4.78, 5) is 26.6. The molecule has 1 aliphatic rings. The van der Waals surface area contributed by atoms with E-state index in [1.54, 1.807) is 0 Å². The minimum atomic E-state index is -0.0738. The smallest absolute Gasteiger partial charge is 0.227 e. The molecule has 1 atom stereocenters. The molecule has 0 unspecified atom stereocenters. The van der Waals surface area contributed by atoms with Gasteiger partial charge in [-0.05, 0) is 61.2 Å². The molecule has 2 aromatic heterocycles. The van der Waals surface area contributed by atoms with Gasteiger partial charge in [0, 0.05) is 50.8 Å². The highest BCUT2D eigenvalue weighted by Gasteiger charge is 2.30. The predicted molar refractivity (Wildman–Crippen MR) is 123 cm³/mol. The van der Waals surface area contributed by atoms with Crippen molar-refractivity contribution in [3.05, 3.63) is 83.9 Å².